The number of nitrogens with zero attached hydrogens (tertiary/aromatic N) is 3. The first-order chi connectivity index (χ1) is 16.5. The van der Waals surface area contributed by atoms with Gasteiger partial charge in [0.25, 0.3) is 5.91 Å². The lowest BCUT2D eigenvalue weighted by Crippen LogP contribution is -2.34. The Balaban J connectivity index is 1.32. The van der Waals surface area contributed by atoms with Crippen LogP contribution in [0.2, 0.25) is 5.15 Å². The molecular formula is C26H28ClFN4OS. The molecule has 4 rings (SSSR count). The first-order valence-corrected chi connectivity index (χ1v) is 12.9. The number of amides is 1. The fraction of sp³-hybridized carbons (Fsp3) is 0.346. The molecule has 1 saturated carbocycles. The Labute approximate surface area is 209 Å². The van der Waals surface area contributed by atoms with Crippen LogP contribution in [0.5, 0.6) is 0 Å². The van der Waals surface area contributed by atoms with Gasteiger partial charge < -0.3 is 10.2 Å². The van der Waals surface area contributed by atoms with E-state index < -0.39 is 0 Å². The van der Waals surface area contributed by atoms with Crippen LogP contribution in [-0.4, -0.2) is 29.0 Å². The quantitative estimate of drug-likeness (QED) is 0.225. The van der Waals surface area contributed by atoms with Gasteiger partial charge in [0.1, 0.15) is 16.8 Å². The molecule has 1 N–H and O–H groups in total. The third-order valence-electron chi connectivity index (χ3n) is 6.10. The normalized spacial score (nSPS) is 14.1. The zero-order valence-corrected chi connectivity index (χ0v) is 20.7. The van der Waals surface area contributed by atoms with Crippen molar-refractivity contribution < 1.29 is 9.18 Å². The predicted molar refractivity (Wildman–Crippen MR) is 136 cm³/mol. The highest BCUT2D eigenvalue weighted by Crippen LogP contribution is 2.28. The lowest BCUT2D eigenvalue weighted by Gasteiger charge is -2.32. The van der Waals surface area contributed by atoms with Crippen molar-refractivity contribution in [2.24, 2.45) is 0 Å². The molecule has 1 aliphatic carbocycles. The standard InChI is InChI=1S/C26H28ClFN4OS/c1-32(22-5-3-2-4-6-22)24-15-23(27)30-26(31-24)34-17-19-7-11-20(12-8-19)25(33)29-16-18-9-13-21(28)14-10-18/h7-15,22H,2-6,16-17H2,1H3,(H,29,33). The van der Waals surface area contributed by atoms with Crippen LogP contribution in [0.15, 0.2) is 59.8 Å². The molecule has 5 nitrogen and oxygen atoms in total. The largest absolute Gasteiger partial charge is 0.357 e. The van der Waals surface area contributed by atoms with E-state index in [0.717, 1.165) is 16.9 Å². The highest BCUT2D eigenvalue weighted by Gasteiger charge is 2.20. The van der Waals surface area contributed by atoms with Gasteiger partial charge in [-0.2, -0.15) is 0 Å². The van der Waals surface area contributed by atoms with Crippen LogP contribution < -0.4 is 10.2 Å². The summed E-state index contributed by atoms with van der Waals surface area (Å²) in [5, 5.41) is 3.95. The van der Waals surface area contributed by atoms with Crippen molar-refractivity contribution in [3.8, 4) is 0 Å². The summed E-state index contributed by atoms with van der Waals surface area (Å²) in [4.78, 5) is 23.8. The summed E-state index contributed by atoms with van der Waals surface area (Å²) in [7, 11) is 2.09. The van der Waals surface area contributed by atoms with Gasteiger partial charge in [0, 0.05) is 37.0 Å². The molecule has 0 spiro atoms. The van der Waals surface area contributed by atoms with Crippen molar-refractivity contribution in [2.75, 3.05) is 11.9 Å². The Kier molecular flexibility index (Phi) is 8.40. The van der Waals surface area contributed by atoms with Gasteiger partial charge in [-0.05, 0) is 48.2 Å². The van der Waals surface area contributed by atoms with E-state index in [1.165, 1.54) is 56.0 Å². The summed E-state index contributed by atoms with van der Waals surface area (Å²) in [6.07, 6.45) is 6.20. The summed E-state index contributed by atoms with van der Waals surface area (Å²) in [6, 6.07) is 15.9. The van der Waals surface area contributed by atoms with Gasteiger partial charge in [-0.15, -0.1) is 0 Å². The fourth-order valence-electron chi connectivity index (χ4n) is 4.07. The van der Waals surface area contributed by atoms with Gasteiger partial charge in [0.2, 0.25) is 0 Å². The molecule has 0 saturated heterocycles. The molecule has 2 aromatic carbocycles. The van der Waals surface area contributed by atoms with Crippen LogP contribution in [0.4, 0.5) is 10.2 Å². The number of carbonyl (C=O) groups is 1. The molecule has 1 amide bonds. The van der Waals surface area contributed by atoms with Gasteiger partial charge in [0.05, 0.1) is 0 Å². The first kappa shape index (κ1) is 24.5. The summed E-state index contributed by atoms with van der Waals surface area (Å²) >= 11 is 7.82. The highest BCUT2D eigenvalue weighted by molar-refractivity contribution is 7.98. The van der Waals surface area contributed by atoms with E-state index in [2.05, 4.69) is 22.2 Å². The smallest absolute Gasteiger partial charge is 0.251 e. The van der Waals surface area contributed by atoms with Crippen LogP contribution >= 0.6 is 23.4 Å². The zero-order chi connectivity index (χ0) is 23.9. The molecule has 0 unspecified atom stereocenters. The summed E-state index contributed by atoms with van der Waals surface area (Å²) in [5.41, 5.74) is 2.48. The van der Waals surface area contributed by atoms with E-state index in [1.807, 2.05) is 18.2 Å². The minimum atomic E-state index is -0.292. The van der Waals surface area contributed by atoms with E-state index in [4.69, 9.17) is 16.6 Å². The van der Waals surface area contributed by atoms with E-state index in [9.17, 15) is 9.18 Å². The van der Waals surface area contributed by atoms with Crippen molar-refractivity contribution in [1.82, 2.24) is 15.3 Å². The maximum atomic E-state index is 13.0. The van der Waals surface area contributed by atoms with E-state index in [1.54, 1.807) is 24.3 Å². The molecule has 0 radical (unpaired) electrons. The number of anilines is 1. The number of thioether (sulfide) groups is 1. The Morgan fingerprint density at radius 2 is 1.74 bits per heavy atom. The maximum absolute atomic E-state index is 13.0. The van der Waals surface area contributed by atoms with Crippen LogP contribution in [0.1, 0.15) is 53.6 Å². The fourth-order valence-corrected chi connectivity index (χ4v) is 5.11. The molecule has 1 heterocycles. The Bertz CT molecular complexity index is 1100. The van der Waals surface area contributed by atoms with Gasteiger partial charge in [-0.3, -0.25) is 4.79 Å². The number of benzene rings is 2. The van der Waals surface area contributed by atoms with Crippen molar-refractivity contribution in [3.63, 3.8) is 0 Å². The molecule has 1 fully saturated rings. The van der Waals surface area contributed by atoms with Crippen LogP contribution in [0.3, 0.4) is 0 Å². The molecule has 1 aliphatic rings. The topological polar surface area (TPSA) is 58.1 Å². The molecule has 0 aliphatic heterocycles. The molecule has 1 aromatic heterocycles. The summed E-state index contributed by atoms with van der Waals surface area (Å²) < 4.78 is 13.0. The minimum Gasteiger partial charge on any atom is -0.357 e. The number of carbonyl (C=O) groups excluding carboxylic acids is 1. The van der Waals surface area contributed by atoms with Gasteiger partial charge in [-0.25, -0.2) is 14.4 Å². The second-order valence-electron chi connectivity index (χ2n) is 8.53. The monoisotopic (exact) mass is 498 g/mol. The average Bonchev–Trinajstić information content (AvgIpc) is 2.87. The average molecular weight is 499 g/mol. The maximum Gasteiger partial charge on any atom is 0.251 e. The Morgan fingerprint density at radius 3 is 2.44 bits per heavy atom. The number of nitrogens with one attached hydrogen (secondary N) is 1. The first-order valence-electron chi connectivity index (χ1n) is 11.5. The molecule has 3 aromatic rings. The SMILES string of the molecule is CN(c1cc(Cl)nc(SCc2ccc(C(=O)NCc3ccc(F)cc3)cc2)n1)C1CCCCC1. The van der Waals surface area contributed by atoms with E-state index in [0.29, 0.717) is 34.2 Å². The number of hydrogen-bond acceptors (Lipinski definition) is 5. The van der Waals surface area contributed by atoms with Gasteiger partial charge >= 0.3 is 0 Å². The van der Waals surface area contributed by atoms with E-state index in [-0.39, 0.29) is 11.7 Å². The van der Waals surface area contributed by atoms with Crippen LogP contribution in [-0.2, 0) is 12.3 Å². The second kappa shape index (κ2) is 11.7. The molecule has 8 heteroatoms. The van der Waals surface area contributed by atoms with Crippen molar-refractivity contribution in [1.29, 1.82) is 0 Å². The number of aromatic nitrogens is 2. The van der Waals surface area contributed by atoms with Crippen molar-refractivity contribution in [3.05, 3.63) is 82.3 Å². The molecule has 178 valence electrons. The third-order valence-corrected chi connectivity index (χ3v) is 7.21. The highest BCUT2D eigenvalue weighted by atomic mass is 35.5. The molecule has 0 atom stereocenters. The van der Waals surface area contributed by atoms with Crippen LogP contribution in [0.25, 0.3) is 0 Å². The molecular weight excluding hydrogens is 471 g/mol. The van der Waals surface area contributed by atoms with Crippen molar-refractivity contribution >= 4 is 35.1 Å². The summed E-state index contributed by atoms with van der Waals surface area (Å²) in [6.45, 7) is 0.348. The molecule has 0 bridgehead atoms. The van der Waals surface area contributed by atoms with E-state index >= 15 is 0 Å². The second-order valence-corrected chi connectivity index (χ2v) is 9.86. The van der Waals surface area contributed by atoms with Crippen LogP contribution in [0, 0.1) is 5.82 Å². The Hall–Kier alpha value is -2.64. The van der Waals surface area contributed by atoms with Crippen molar-refractivity contribution in [2.45, 2.75) is 55.6 Å². The third kappa shape index (κ3) is 6.70. The predicted octanol–water partition coefficient (Wildman–Crippen LogP) is 6.26. The molecule has 34 heavy (non-hydrogen) atoms. The minimum absolute atomic E-state index is 0.169. The zero-order valence-electron chi connectivity index (χ0n) is 19.1. The lowest BCUT2D eigenvalue weighted by molar-refractivity contribution is 0.0951. The van der Waals surface area contributed by atoms with Gasteiger partial charge in [-0.1, -0.05) is 66.9 Å². The number of rotatable bonds is 8. The number of halogens is 2. The number of hydrogen-bond donors (Lipinski definition) is 1. The Morgan fingerprint density at radius 1 is 1.06 bits per heavy atom. The lowest BCUT2D eigenvalue weighted by atomic mass is 9.94. The van der Waals surface area contributed by atoms with Gasteiger partial charge in [0.15, 0.2) is 5.16 Å². The summed E-state index contributed by atoms with van der Waals surface area (Å²) in [5.74, 6) is 1.07.